The van der Waals surface area contributed by atoms with E-state index in [4.69, 9.17) is 11.1 Å². The number of aromatic nitrogens is 4. The smallest absolute Gasteiger partial charge is 0.334 e. The molecule has 34 heavy (non-hydrogen) atoms. The third-order valence-electron chi connectivity index (χ3n) is 7.91. The second kappa shape index (κ2) is 7.78. The highest BCUT2D eigenvalue weighted by Crippen LogP contribution is 2.64. The standard InChI is InChI=1S/C23H29N7O4/c1-2-3-10-29-18(31)14(16(24)25)19(32)30(21(29)34)13-4-6-22(7-5-13)11-23(12-22)15-17(28-20(23)33)27-9-8-26-15/h8-9,13,31H,2-7,10-12H2,1H3,(H3,24,25)(H,27,28,33). The van der Waals surface area contributed by atoms with Gasteiger partial charge in [-0.05, 0) is 50.4 Å². The Morgan fingerprint density at radius 3 is 2.56 bits per heavy atom. The summed E-state index contributed by atoms with van der Waals surface area (Å²) in [7, 11) is 0. The van der Waals surface area contributed by atoms with Crippen LogP contribution in [0, 0.1) is 10.8 Å². The van der Waals surface area contributed by atoms with E-state index in [9.17, 15) is 19.5 Å². The lowest BCUT2D eigenvalue weighted by atomic mass is 9.47. The van der Waals surface area contributed by atoms with Gasteiger partial charge in [0.25, 0.3) is 5.56 Å². The first-order valence-corrected chi connectivity index (χ1v) is 11.8. The third-order valence-corrected chi connectivity index (χ3v) is 7.91. The number of carbonyl (C=O) groups excluding carboxylic acids is 1. The monoisotopic (exact) mass is 467 g/mol. The van der Waals surface area contributed by atoms with Crippen LogP contribution in [0.4, 0.5) is 5.82 Å². The first kappa shape index (κ1) is 22.3. The number of anilines is 1. The molecule has 2 aromatic heterocycles. The zero-order valence-corrected chi connectivity index (χ0v) is 19.1. The molecule has 5 rings (SSSR count). The van der Waals surface area contributed by atoms with Crippen LogP contribution in [0.15, 0.2) is 22.0 Å². The number of aromatic hydroxyl groups is 1. The zero-order chi connectivity index (χ0) is 24.3. The van der Waals surface area contributed by atoms with Crippen LogP contribution in [-0.2, 0) is 16.8 Å². The molecule has 2 saturated carbocycles. The fourth-order valence-electron chi connectivity index (χ4n) is 6.23. The van der Waals surface area contributed by atoms with Gasteiger partial charge in [-0.25, -0.2) is 9.78 Å². The average molecular weight is 468 g/mol. The summed E-state index contributed by atoms with van der Waals surface area (Å²) in [6.45, 7) is 2.21. The number of nitrogen functional groups attached to an aromatic ring is 1. The van der Waals surface area contributed by atoms with Crippen LogP contribution in [0.1, 0.15) is 75.6 Å². The summed E-state index contributed by atoms with van der Waals surface area (Å²) in [5.74, 6) is -0.605. The first-order valence-electron chi connectivity index (χ1n) is 11.8. The molecular formula is C23H29N7O4. The molecule has 5 N–H and O–H groups in total. The summed E-state index contributed by atoms with van der Waals surface area (Å²) >= 11 is 0. The van der Waals surface area contributed by atoms with Crippen LogP contribution >= 0.6 is 0 Å². The van der Waals surface area contributed by atoms with Crippen LogP contribution < -0.4 is 22.3 Å². The molecule has 2 spiro atoms. The maximum atomic E-state index is 13.2. The number of carbonyl (C=O) groups is 1. The van der Waals surface area contributed by atoms with Crippen molar-refractivity contribution < 1.29 is 9.90 Å². The highest BCUT2D eigenvalue weighted by Gasteiger charge is 2.64. The molecule has 11 heteroatoms. The maximum absolute atomic E-state index is 13.2. The molecule has 2 aromatic rings. The van der Waals surface area contributed by atoms with Gasteiger partial charge in [0.15, 0.2) is 5.82 Å². The predicted octanol–water partition coefficient (Wildman–Crippen LogP) is 1.38. The maximum Gasteiger partial charge on any atom is 0.334 e. The molecule has 0 aromatic carbocycles. The Morgan fingerprint density at radius 2 is 1.91 bits per heavy atom. The number of fused-ring (bicyclic) bond motifs is 2. The summed E-state index contributed by atoms with van der Waals surface area (Å²) in [5.41, 5.74) is 4.03. The number of amidine groups is 1. The van der Waals surface area contributed by atoms with Crippen LogP contribution in [0.3, 0.4) is 0 Å². The van der Waals surface area contributed by atoms with Crippen molar-refractivity contribution in [2.45, 2.75) is 76.3 Å². The third kappa shape index (κ3) is 3.09. The number of rotatable bonds is 5. The number of nitrogens with one attached hydrogen (secondary N) is 2. The molecule has 2 aliphatic carbocycles. The lowest BCUT2D eigenvalue weighted by Gasteiger charge is -2.55. The Balaban J connectivity index is 1.41. The lowest BCUT2D eigenvalue weighted by Crippen LogP contribution is -2.55. The molecule has 3 aliphatic rings. The van der Waals surface area contributed by atoms with Crippen LogP contribution in [0.25, 0.3) is 0 Å². The van der Waals surface area contributed by atoms with Gasteiger partial charge in [-0.2, -0.15) is 0 Å². The molecule has 180 valence electrons. The van der Waals surface area contributed by atoms with Crippen LogP contribution in [0.5, 0.6) is 5.88 Å². The second-order valence-electron chi connectivity index (χ2n) is 9.95. The quantitative estimate of drug-likeness (QED) is 0.380. The van der Waals surface area contributed by atoms with Crippen LogP contribution in [0.2, 0.25) is 0 Å². The summed E-state index contributed by atoms with van der Waals surface area (Å²) in [4.78, 5) is 47.7. The van der Waals surface area contributed by atoms with E-state index in [0.717, 1.165) is 23.8 Å². The highest BCUT2D eigenvalue weighted by molar-refractivity contribution is 6.05. The first-order chi connectivity index (χ1) is 16.2. The molecule has 0 atom stereocenters. The Bertz CT molecular complexity index is 1300. The van der Waals surface area contributed by atoms with Gasteiger partial charge in [-0.3, -0.25) is 29.1 Å². The van der Waals surface area contributed by atoms with Gasteiger partial charge in [0.2, 0.25) is 11.8 Å². The fourth-order valence-corrected chi connectivity index (χ4v) is 6.23. The Labute approximate surface area is 195 Å². The SMILES string of the molecule is CCCCn1c(O)c(C(=N)N)c(=O)n(C2CCC3(CC2)CC2(C3)C(=O)Nc3nccnc32)c1=O. The van der Waals surface area contributed by atoms with Gasteiger partial charge >= 0.3 is 5.69 Å². The summed E-state index contributed by atoms with van der Waals surface area (Å²) in [6.07, 6.45) is 8.68. The molecule has 0 radical (unpaired) electrons. The number of hydrogen-bond acceptors (Lipinski definition) is 7. The van der Waals surface area contributed by atoms with Gasteiger partial charge in [0, 0.05) is 25.0 Å². The predicted molar refractivity (Wildman–Crippen MR) is 124 cm³/mol. The normalized spacial score (nSPS) is 27.4. The van der Waals surface area contributed by atoms with Gasteiger partial charge in [-0.1, -0.05) is 13.3 Å². The summed E-state index contributed by atoms with van der Waals surface area (Å²) in [5, 5.41) is 21.1. The van der Waals surface area contributed by atoms with E-state index in [-0.39, 0.29) is 29.5 Å². The fraction of sp³-hybridized carbons (Fsp3) is 0.565. The minimum absolute atomic E-state index is 0.0435. The summed E-state index contributed by atoms with van der Waals surface area (Å²) < 4.78 is 2.33. The van der Waals surface area contributed by atoms with Gasteiger partial charge < -0.3 is 16.2 Å². The van der Waals surface area contributed by atoms with Crippen molar-refractivity contribution in [3.05, 3.63) is 44.5 Å². The second-order valence-corrected chi connectivity index (χ2v) is 9.95. The number of amides is 1. The topological polar surface area (TPSA) is 169 Å². The Hall–Kier alpha value is -3.50. The summed E-state index contributed by atoms with van der Waals surface area (Å²) in [6, 6.07) is -0.349. The molecule has 0 unspecified atom stereocenters. The molecule has 11 nitrogen and oxygen atoms in total. The average Bonchev–Trinajstić information content (AvgIpc) is 3.06. The minimum Gasteiger partial charge on any atom is -0.494 e. The molecule has 0 bridgehead atoms. The van der Waals surface area contributed by atoms with Crippen molar-refractivity contribution in [1.82, 2.24) is 19.1 Å². The van der Waals surface area contributed by atoms with Crippen molar-refractivity contribution in [2.24, 2.45) is 11.1 Å². The number of nitrogens with zero attached hydrogens (tertiary/aromatic N) is 4. The lowest BCUT2D eigenvalue weighted by molar-refractivity contribution is -0.132. The van der Waals surface area contributed by atoms with Crippen molar-refractivity contribution in [2.75, 3.05) is 5.32 Å². The Kier molecular flexibility index (Phi) is 5.10. The van der Waals surface area contributed by atoms with Crippen molar-refractivity contribution >= 4 is 17.6 Å². The largest absolute Gasteiger partial charge is 0.494 e. The van der Waals surface area contributed by atoms with E-state index in [2.05, 4.69) is 15.3 Å². The van der Waals surface area contributed by atoms with Gasteiger partial charge in [0.05, 0.1) is 11.1 Å². The molecule has 1 amide bonds. The van der Waals surface area contributed by atoms with E-state index < -0.39 is 28.4 Å². The molecule has 3 heterocycles. The molecule has 0 saturated heterocycles. The highest BCUT2D eigenvalue weighted by atomic mass is 16.3. The number of unbranched alkanes of at least 4 members (excludes halogenated alkanes) is 1. The number of nitrogens with two attached hydrogens (primary N) is 1. The van der Waals surface area contributed by atoms with E-state index in [1.54, 1.807) is 12.4 Å². The van der Waals surface area contributed by atoms with Crippen molar-refractivity contribution in [3.63, 3.8) is 0 Å². The van der Waals surface area contributed by atoms with Gasteiger partial charge in [0.1, 0.15) is 11.4 Å². The minimum atomic E-state index is -0.715. The van der Waals surface area contributed by atoms with E-state index in [0.29, 0.717) is 43.6 Å². The molecule has 1 aliphatic heterocycles. The van der Waals surface area contributed by atoms with Crippen molar-refractivity contribution in [3.8, 4) is 5.88 Å². The number of hydrogen-bond donors (Lipinski definition) is 4. The molecular weight excluding hydrogens is 438 g/mol. The van der Waals surface area contributed by atoms with Crippen molar-refractivity contribution in [1.29, 1.82) is 5.41 Å². The van der Waals surface area contributed by atoms with E-state index in [1.807, 2.05) is 6.92 Å². The Morgan fingerprint density at radius 1 is 1.24 bits per heavy atom. The van der Waals surface area contributed by atoms with E-state index >= 15 is 0 Å². The zero-order valence-electron chi connectivity index (χ0n) is 19.1. The van der Waals surface area contributed by atoms with Crippen LogP contribution in [-0.4, -0.2) is 36.0 Å². The molecule has 2 fully saturated rings. The van der Waals surface area contributed by atoms with Gasteiger partial charge in [-0.15, -0.1) is 0 Å². The van der Waals surface area contributed by atoms with E-state index in [1.165, 1.54) is 4.57 Å².